The van der Waals surface area contributed by atoms with Crippen molar-refractivity contribution in [3.63, 3.8) is 0 Å². The summed E-state index contributed by atoms with van der Waals surface area (Å²) >= 11 is 1.46. The lowest BCUT2D eigenvalue weighted by Crippen LogP contribution is -2.13. The molecule has 0 aliphatic rings. The molecule has 1 aromatic heterocycles. The van der Waals surface area contributed by atoms with Gasteiger partial charge in [-0.05, 0) is 48.9 Å². The van der Waals surface area contributed by atoms with E-state index in [1.54, 1.807) is 19.2 Å². The quantitative estimate of drug-likeness (QED) is 0.612. The van der Waals surface area contributed by atoms with E-state index in [0.717, 1.165) is 34.6 Å². The Labute approximate surface area is 156 Å². The Kier molecular flexibility index (Phi) is 5.73. The fraction of sp³-hybridized carbons (Fsp3) is 0.300. The first-order chi connectivity index (χ1) is 12.6. The summed E-state index contributed by atoms with van der Waals surface area (Å²) in [6, 6.07) is 13.0. The number of amides is 1. The first kappa shape index (κ1) is 18.2. The van der Waals surface area contributed by atoms with E-state index in [1.807, 2.05) is 41.9 Å². The number of unbranched alkanes of at least 4 members (excludes halogenated alkanes) is 1. The van der Waals surface area contributed by atoms with Crippen molar-refractivity contribution in [3.05, 3.63) is 52.8 Å². The molecule has 0 fully saturated rings. The molecule has 0 saturated heterocycles. The smallest absolute Gasteiger partial charge is 0.279 e. The topological polar surface area (TPSA) is 52.8 Å². The molecular formula is C20H22N2O3S. The zero-order valence-corrected chi connectivity index (χ0v) is 16.0. The third-order valence-electron chi connectivity index (χ3n) is 4.08. The van der Waals surface area contributed by atoms with E-state index in [4.69, 9.17) is 9.47 Å². The summed E-state index contributed by atoms with van der Waals surface area (Å²) in [6.07, 6.45) is 2.11. The molecule has 1 heterocycles. The Bertz CT molecular complexity index is 971. The predicted octanol–water partition coefficient (Wildman–Crippen LogP) is 4.17. The van der Waals surface area contributed by atoms with E-state index in [0.29, 0.717) is 17.0 Å². The summed E-state index contributed by atoms with van der Waals surface area (Å²) in [5.74, 6) is 1.30. The molecule has 26 heavy (non-hydrogen) atoms. The highest BCUT2D eigenvalue weighted by molar-refractivity contribution is 7.16. The molecule has 0 unspecified atom stereocenters. The minimum Gasteiger partial charge on any atom is -0.497 e. The number of aromatic nitrogens is 1. The Balaban J connectivity index is 1.84. The molecule has 3 rings (SSSR count). The number of benzene rings is 2. The van der Waals surface area contributed by atoms with E-state index >= 15 is 0 Å². The van der Waals surface area contributed by atoms with Crippen LogP contribution >= 0.6 is 11.3 Å². The highest BCUT2D eigenvalue weighted by Gasteiger charge is 2.08. The van der Waals surface area contributed by atoms with Gasteiger partial charge in [0.25, 0.3) is 5.91 Å². The van der Waals surface area contributed by atoms with Crippen molar-refractivity contribution in [1.29, 1.82) is 0 Å². The summed E-state index contributed by atoms with van der Waals surface area (Å²) in [7, 11) is 3.54. The SMILES string of the molecule is CCCCOc1ccc(C(=O)N=c2sc3cc(OC)ccc3n2C)cc1. The number of aryl methyl sites for hydroxylation is 1. The third kappa shape index (κ3) is 3.96. The van der Waals surface area contributed by atoms with Gasteiger partial charge in [0, 0.05) is 12.6 Å². The van der Waals surface area contributed by atoms with Crippen LogP contribution in [0.3, 0.4) is 0 Å². The number of rotatable bonds is 6. The molecule has 5 nitrogen and oxygen atoms in total. The average molecular weight is 370 g/mol. The lowest BCUT2D eigenvalue weighted by atomic mass is 10.2. The summed E-state index contributed by atoms with van der Waals surface area (Å²) in [6.45, 7) is 2.81. The fourth-order valence-corrected chi connectivity index (χ4v) is 3.57. The van der Waals surface area contributed by atoms with Gasteiger partial charge in [0.2, 0.25) is 0 Å². The highest BCUT2D eigenvalue weighted by Crippen LogP contribution is 2.22. The number of carbonyl (C=O) groups excluding carboxylic acids is 1. The van der Waals surface area contributed by atoms with Gasteiger partial charge in [-0.3, -0.25) is 4.79 Å². The minimum atomic E-state index is -0.265. The number of ether oxygens (including phenoxy) is 2. The largest absolute Gasteiger partial charge is 0.497 e. The van der Waals surface area contributed by atoms with Crippen molar-refractivity contribution < 1.29 is 14.3 Å². The van der Waals surface area contributed by atoms with E-state index < -0.39 is 0 Å². The van der Waals surface area contributed by atoms with Crippen molar-refractivity contribution in [2.45, 2.75) is 19.8 Å². The van der Waals surface area contributed by atoms with Crippen LogP contribution in [0.4, 0.5) is 0 Å². The maximum Gasteiger partial charge on any atom is 0.279 e. The van der Waals surface area contributed by atoms with Gasteiger partial charge < -0.3 is 14.0 Å². The molecule has 0 N–H and O–H groups in total. The number of fused-ring (bicyclic) bond motifs is 1. The predicted molar refractivity (Wildman–Crippen MR) is 104 cm³/mol. The molecule has 136 valence electrons. The van der Waals surface area contributed by atoms with Crippen LogP contribution in [0.1, 0.15) is 30.1 Å². The zero-order chi connectivity index (χ0) is 18.5. The average Bonchev–Trinajstić information content (AvgIpc) is 2.97. The van der Waals surface area contributed by atoms with Crippen LogP contribution < -0.4 is 14.3 Å². The molecule has 6 heteroatoms. The zero-order valence-electron chi connectivity index (χ0n) is 15.2. The van der Waals surface area contributed by atoms with E-state index in [9.17, 15) is 4.79 Å². The second-order valence-corrected chi connectivity index (χ2v) is 6.93. The van der Waals surface area contributed by atoms with Gasteiger partial charge in [-0.1, -0.05) is 24.7 Å². The number of hydrogen-bond donors (Lipinski definition) is 0. The standard InChI is InChI=1S/C20H22N2O3S/c1-4-5-12-25-15-8-6-14(7-9-15)19(23)21-20-22(2)17-11-10-16(24-3)13-18(17)26-20/h6-11,13H,4-5,12H2,1-3H3. The molecule has 0 spiro atoms. The lowest BCUT2D eigenvalue weighted by Gasteiger charge is -2.05. The molecule has 3 aromatic rings. The summed E-state index contributed by atoms with van der Waals surface area (Å²) < 4.78 is 13.8. The van der Waals surface area contributed by atoms with E-state index in [2.05, 4.69) is 11.9 Å². The van der Waals surface area contributed by atoms with Crippen LogP contribution in [0.2, 0.25) is 0 Å². The Morgan fingerprint density at radius 3 is 2.58 bits per heavy atom. The van der Waals surface area contributed by atoms with Gasteiger partial charge in [0.15, 0.2) is 4.80 Å². The van der Waals surface area contributed by atoms with Gasteiger partial charge in [0.05, 0.1) is 23.9 Å². The van der Waals surface area contributed by atoms with E-state index in [1.165, 1.54) is 11.3 Å². The number of nitrogens with zero attached hydrogens (tertiary/aromatic N) is 2. The van der Waals surface area contributed by atoms with Gasteiger partial charge in [-0.25, -0.2) is 0 Å². The van der Waals surface area contributed by atoms with Crippen LogP contribution in [-0.2, 0) is 7.05 Å². The van der Waals surface area contributed by atoms with Gasteiger partial charge in [0.1, 0.15) is 11.5 Å². The molecule has 0 aliphatic carbocycles. The van der Waals surface area contributed by atoms with Crippen molar-refractivity contribution in [2.75, 3.05) is 13.7 Å². The normalized spacial score (nSPS) is 11.7. The molecular weight excluding hydrogens is 348 g/mol. The van der Waals surface area contributed by atoms with Crippen LogP contribution in [0.15, 0.2) is 47.5 Å². The van der Waals surface area contributed by atoms with Gasteiger partial charge in [-0.15, -0.1) is 0 Å². The molecule has 2 aromatic carbocycles. The third-order valence-corrected chi connectivity index (χ3v) is 5.18. The van der Waals surface area contributed by atoms with Crippen molar-refractivity contribution in [1.82, 2.24) is 4.57 Å². The Morgan fingerprint density at radius 1 is 1.15 bits per heavy atom. The Hall–Kier alpha value is -2.60. The first-order valence-electron chi connectivity index (χ1n) is 8.58. The van der Waals surface area contributed by atoms with Crippen LogP contribution in [0.5, 0.6) is 11.5 Å². The van der Waals surface area contributed by atoms with Crippen LogP contribution in [0.25, 0.3) is 10.2 Å². The highest BCUT2D eigenvalue weighted by atomic mass is 32.1. The summed E-state index contributed by atoms with van der Waals surface area (Å²) in [5.41, 5.74) is 1.56. The number of hydrogen-bond acceptors (Lipinski definition) is 4. The number of thiazole rings is 1. The monoisotopic (exact) mass is 370 g/mol. The lowest BCUT2D eigenvalue weighted by molar-refractivity contribution is 0.0998. The molecule has 0 radical (unpaired) electrons. The molecule has 0 atom stereocenters. The summed E-state index contributed by atoms with van der Waals surface area (Å²) in [5, 5.41) is 0. The minimum absolute atomic E-state index is 0.265. The van der Waals surface area contributed by atoms with Crippen molar-refractivity contribution >= 4 is 27.5 Å². The Morgan fingerprint density at radius 2 is 1.88 bits per heavy atom. The van der Waals surface area contributed by atoms with Gasteiger partial charge >= 0.3 is 0 Å². The fourth-order valence-electron chi connectivity index (χ4n) is 2.53. The maximum atomic E-state index is 12.5. The number of methoxy groups -OCH3 is 1. The maximum absolute atomic E-state index is 12.5. The van der Waals surface area contributed by atoms with E-state index in [-0.39, 0.29) is 5.91 Å². The van der Waals surface area contributed by atoms with Gasteiger partial charge in [-0.2, -0.15) is 4.99 Å². The number of carbonyl (C=O) groups is 1. The van der Waals surface area contributed by atoms with Crippen molar-refractivity contribution in [2.24, 2.45) is 12.0 Å². The van der Waals surface area contributed by atoms with Crippen LogP contribution in [-0.4, -0.2) is 24.2 Å². The molecule has 0 aliphatic heterocycles. The second-order valence-electron chi connectivity index (χ2n) is 5.92. The van der Waals surface area contributed by atoms with Crippen molar-refractivity contribution in [3.8, 4) is 11.5 Å². The second kappa shape index (κ2) is 8.19. The van der Waals surface area contributed by atoms with Crippen LogP contribution in [0, 0.1) is 0 Å². The first-order valence-corrected chi connectivity index (χ1v) is 9.39. The molecule has 0 saturated carbocycles. The summed E-state index contributed by atoms with van der Waals surface area (Å²) in [4.78, 5) is 17.4. The molecule has 0 bridgehead atoms. The molecule has 1 amide bonds.